The Kier molecular flexibility index (Phi) is 17.1. The number of carboxylic acids is 2. The molecule has 39 heavy (non-hydrogen) atoms. The van der Waals surface area contributed by atoms with Gasteiger partial charge >= 0.3 is 11.9 Å². The molecule has 1 unspecified atom stereocenters. The van der Waals surface area contributed by atoms with Crippen LogP contribution in [-0.4, -0.2) is 74.4 Å². The number of phenols is 2. The van der Waals surface area contributed by atoms with Crippen molar-refractivity contribution in [2.75, 3.05) is 25.7 Å². The molecule has 9 nitrogen and oxygen atoms in total. The van der Waals surface area contributed by atoms with Gasteiger partial charge in [-0.1, -0.05) is 52.0 Å². The zero-order chi connectivity index (χ0) is 30.1. The number of ether oxygens (including phenoxy) is 1. The second-order valence-electron chi connectivity index (χ2n) is 10.3. The van der Waals surface area contributed by atoms with E-state index in [1.807, 2.05) is 24.3 Å². The van der Waals surface area contributed by atoms with Crippen molar-refractivity contribution in [2.24, 2.45) is 5.41 Å². The Morgan fingerprint density at radius 2 is 1.13 bits per heavy atom. The molecule has 1 fully saturated rings. The highest BCUT2D eigenvalue weighted by Crippen LogP contribution is 2.32. The van der Waals surface area contributed by atoms with E-state index in [0.29, 0.717) is 24.8 Å². The Balaban J connectivity index is 0.000000556. The lowest BCUT2D eigenvalue weighted by molar-refractivity contribution is -0.139. The van der Waals surface area contributed by atoms with Gasteiger partial charge in [0.15, 0.2) is 0 Å². The van der Waals surface area contributed by atoms with Crippen LogP contribution in [0.3, 0.4) is 0 Å². The molecule has 0 aliphatic carbocycles. The van der Waals surface area contributed by atoms with Crippen LogP contribution in [0.2, 0.25) is 0 Å². The summed E-state index contributed by atoms with van der Waals surface area (Å²) in [5, 5.41) is 51.7. The van der Waals surface area contributed by atoms with Gasteiger partial charge in [-0.05, 0) is 48.2 Å². The van der Waals surface area contributed by atoms with Crippen LogP contribution >= 0.6 is 11.6 Å². The molecule has 0 saturated carbocycles. The molecule has 1 aliphatic rings. The molecule has 1 heterocycles. The highest BCUT2D eigenvalue weighted by atomic mass is 35.5. The molecule has 3 rings (SSSR count). The molecule has 0 amide bonds. The predicted molar refractivity (Wildman–Crippen MR) is 150 cm³/mol. The Labute approximate surface area is 235 Å². The third-order valence-corrected chi connectivity index (χ3v) is 5.98. The highest BCUT2D eigenvalue weighted by Gasteiger charge is 2.23. The van der Waals surface area contributed by atoms with Crippen molar-refractivity contribution in [3.05, 3.63) is 59.7 Å². The fourth-order valence-electron chi connectivity index (χ4n) is 2.68. The van der Waals surface area contributed by atoms with E-state index in [4.69, 9.17) is 36.8 Å². The van der Waals surface area contributed by atoms with Gasteiger partial charge in [-0.2, -0.15) is 0 Å². The molecule has 1 aliphatic heterocycles. The van der Waals surface area contributed by atoms with Crippen molar-refractivity contribution in [3.8, 4) is 11.5 Å². The number of aliphatic carboxylic acids is 2. The minimum atomic E-state index is -0.870. The number of aliphatic hydroxyl groups excluding tert-OH is 2. The largest absolute Gasteiger partial charge is 0.508 e. The summed E-state index contributed by atoms with van der Waals surface area (Å²) in [5.41, 5.74) is 1.79. The number of rotatable bonds is 10. The fraction of sp³-hybridized carbons (Fsp3) is 0.517. The van der Waals surface area contributed by atoms with E-state index in [9.17, 15) is 19.8 Å². The maximum Gasteiger partial charge on any atom is 0.303 e. The van der Waals surface area contributed by atoms with Gasteiger partial charge in [0, 0.05) is 23.7 Å². The second-order valence-corrected chi connectivity index (χ2v) is 10.6. The fourth-order valence-corrected chi connectivity index (χ4v) is 2.86. The van der Waals surface area contributed by atoms with Crippen molar-refractivity contribution < 1.29 is 45.0 Å². The topological polar surface area (TPSA) is 168 Å². The van der Waals surface area contributed by atoms with Crippen LogP contribution in [0.25, 0.3) is 0 Å². The number of hydrogen-bond donors (Lipinski definition) is 6. The molecule has 6 N–H and O–H groups in total. The number of carboxylic acid groups (broad SMARTS) is 2. The van der Waals surface area contributed by atoms with Crippen LogP contribution < -0.4 is 0 Å². The summed E-state index contributed by atoms with van der Waals surface area (Å²) >= 11 is 5.27. The lowest BCUT2D eigenvalue weighted by Gasteiger charge is -2.26. The van der Waals surface area contributed by atoms with Crippen LogP contribution in [0.5, 0.6) is 11.5 Å². The average Bonchev–Trinajstić information content (AvgIpc) is 3.73. The molecule has 2 aromatic rings. The molecule has 220 valence electrons. The first-order chi connectivity index (χ1) is 18.2. The van der Waals surface area contributed by atoms with Crippen LogP contribution in [0.4, 0.5) is 0 Å². The summed E-state index contributed by atoms with van der Waals surface area (Å²) < 4.78 is 4.73. The minimum absolute atomic E-state index is 0.0451. The molecule has 1 atom stereocenters. The molecule has 2 aromatic carbocycles. The summed E-state index contributed by atoms with van der Waals surface area (Å²) in [6, 6.07) is 14.4. The molecule has 0 aromatic heterocycles. The first-order valence-electron chi connectivity index (χ1n) is 12.6. The summed E-state index contributed by atoms with van der Waals surface area (Å²) in [7, 11) is 0. The van der Waals surface area contributed by atoms with Crippen LogP contribution in [-0.2, 0) is 19.7 Å². The average molecular weight is 571 g/mol. The highest BCUT2D eigenvalue weighted by molar-refractivity contribution is 6.18. The summed E-state index contributed by atoms with van der Waals surface area (Å²) in [6.45, 7) is 8.80. The molecule has 0 bridgehead atoms. The Bertz CT molecular complexity index is 884. The third-order valence-electron chi connectivity index (χ3n) is 5.64. The number of phenolic OH excluding ortho intramolecular Hbond substituents is 2. The van der Waals surface area contributed by atoms with Crippen LogP contribution in [0.1, 0.15) is 64.5 Å². The number of unbranched alkanes of at least 4 members (excludes halogenated alkanes) is 1. The maximum atomic E-state index is 9.90. The SMILES string of the molecule is CC(C)(CO)CO.CC(C)(c1ccc(O)cc1)c1ccc(O)cc1.ClCC1CO1.O=C(O)CCCCC(=O)O. The van der Waals surface area contributed by atoms with Gasteiger partial charge in [-0.25, -0.2) is 0 Å². The molecule has 1 saturated heterocycles. The van der Waals surface area contributed by atoms with Gasteiger partial charge in [0.05, 0.1) is 31.8 Å². The third kappa shape index (κ3) is 17.4. The predicted octanol–water partition coefficient (Wildman–Crippen LogP) is 4.76. The van der Waals surface area contributed by atoms with E-state index in [1.54, 1.807) is 38.1 Å². The Morgan fingerprint density at radius 3 is 1.31 bits per heavy atom. The van der Waals surface area contributed by atoms with Gasteiger partial charge in [0.2, 0.25) is 0 Å². The molecular formula is C29H43ClO9. The van der Waals surface area contributed by atoms with Gasteiger partial charge in [-0.3, -0.25) is 9.59 Å². The standard InChI is InChI=1S/C15H16O2.C6H10O4.C5H12O2.C3H5ClO/c1-15(2,11-3-7-13(16)8-4-11)12-5-9-14(17)10-6-12;7-5(8)3-1-2-4-6(9)10;1-5(2,3-6)4-7;4-1-3-2-5-3/h3-10,16-17H,1-2H3;1-4H2,(H,7,8)(H,9,10);6-7H,3-4H2,1-2H3;3H,1-2H2. The van der Waals surface area contributed by atoms with Gasteiger partial charge in [-0.15, -0.1) is 11.6 Å². The van der Waals surface area contributed by atoms with Crippen molar-refractivity contribution in [1.82, 2.24) is 0 Å². The minimum Gasteiger partial charge on any atom is -0.508 e. The number of carbonyl (C=O) groups is 2. The number of aliphatic hydroxyl groups is 2. The molecule has 0 radical (unpaired) electrons. The molecule has 0 spiro atoms. The van der Waals surface area contributed by atoms with E-state index >= 15 is 0 Å². The monoisotopic (exact) mass is 570 g/mol. The second kappa shape index (κ2) is 18.4. The number of benzene rings is 2. The summed E-state index contributed by atoms with van der Waals surface area (Å²) in [5.74, 6) is -0.527. The Morgan fingerprint density at radius 1 is 0.795 bits per heavy atom. The summed E-state index contributed by atoms with van der Waals surface area (Å²) in [6.07, 6.45) is 1.42. The van der Waals surface area contributed by atoms with Crippen molar-refractivity contribution >= 4 is 23.5 Å². The van der Waals surface area contributed by atoms with E-state index < -0.39 is 11.9 Å². The lowest BCUT2D eigenvalue weighted by Crippen LogP contribution is -2.20. The molecular weight excluding hydrogens is 528 g/mol. The van der Waals surface area contributed by atoms with E-state index in [1.165, 1.54) is 0 Å². The number of hydrogen-bond acceptors (Lipinski definition) is 7. The quantitative estimate of drug-likeness (QED) is 0.134. The number of alkyl halides is 1. The Hall–Kier alpha value is -2.85. The number of epoxide rings is 1. The first-order valence-corrected chi connectivity index (χ1v) is 13.1. The smallest absolute Gasteiger partial charge is 0.303 e. The van der Waals surface area contributed by atoms with Crippen molar-refractivity contribution in [3.63, 3.8) is 0 Å². The zero-order valence-electron chi connectivity index (χ0n) is 23.1. The number of halogens is 1. The molecule has 10 heteroatoms. The summed E-state index contributed by atoms with van der Waals surface area (Å²) in [4.78, 5) is 19.8. The van der Waals surface area contributed by atoms with Crippen molar-refractivity contribution in [1.29, 1.82) is 0 Å². The van der Waals surface area contributed by atoms with Crippen LogP contribution in [0, 0.1) is 5.41 Å². The van der Waals surface area contributed by atoms with E-state index in [0.717, 1.165) is 17.7 Å². The first kappa shape index (κ1) is 36.1. The maximum absolute atomic E-state index is 9.90. The number of aromatic hydroxyl groups is 2. The van der Waals surface area contributed by atoms with E-state index in [-0.39, 0.29) is 48.4 Å². The van der Waals surface area contributed by atoms with Gasteiger partial charge < -0.3 is 35.4 Å². The van der Waals surface area contributed by atoms with Gasteiger partial charge in [0.1, 0.15) is 11.5 Å². The normalized spacial score (nSPS) is 13.9. The van der Waals surface area contributed by atoms with Gasteiger partial charge in [0.25, 0.3) is 0 Å². The zero-order valence-corrected chi connectivity index (χ0v) is 23.9. The van der Waals surface area contributed by atoms with E-state index in [2.05, 4.69) is 13.8 Å². The van der Waals surface area contributed by atoms with Crippen LogP contribution in [0.15, 0.2) is 48.5 Å². The lowest BCUT2D eigenvalue weighted by atomic mass is 9.78. The van der Waals surface area contributed by atoms with Crippen molar-refractivity contribution in [2.45, 2.75) is 64.9 Å².